The van der Waals surface area contributed by atoms with E-state index in [1.165, 1.54) is 0 Å². The first-order chi connectivity index (χ1) is 7.47. The summed E-state index contributed by atoms with van der Waals surface area (Å²) in [6.07, 6.45) is -0.167. The van der Waals surface area contributed by atoms with Crippen LogP contribution in [0.15, 0.2) is 22.7 Å². The van der Waals surface area contributed by atoms with Crippen molar-refractivity contribution in [2.75, 3.05) is 5.32 Å². The van der Waals surface area contributed by atoms with E-state index in [0.29, 0.717) is 5.69 Å². The Hall–Kier alpha value is -1.36. The monoisotopic (exact) mass is 285 g/mol. The van der Waals surface area contributed by atoms with Gasteiger partial charge in [0.15, 0.2) is 0 Å². The van der Waals surface area contributed by atoms with Gasteiger partial charge in [-0.15, -0.1) is 0 Å². The van der Waals surface area contributed by atoms with Gasteiger partial charge in [0.05, 0.1) is 6.42 Å². The van der Waals surface area contributed by atoms with Crippen molar-refractivity contribution in [3.8, 4) is 0 Å². The lowest BCUT2D eigenvalue weighted by molar-refractivity contribution is -0.138. The summed E-state index contributed by atoms with van der Waals surface area (Å²) in [6, 6.07) is 5.52. The van der Waals surface area contributed by atoms with Crippen molar-refractivity contribution in [3.63, 3.8) is 0 Å². The molecule has 1 amide bonds. The second kappa shape index (κ2) is 5.65. The molecule has 5 heteroatoms. The van der Waals surface area contributed by atoms with Gasteiger partial charge in [-0.3, -0.25) is 9.59 Å². The third-order valence-corrected chi connectivity index (χ3v) is 2.35. The first-order valence-corrected chi connectivity index (χ1v) is 5.55. The molecule has 4 nitrogen and oxygen atoms in total. The molecule has 1 aromatic rings. The lowest BCUT2D eigenvalue weighted by Gasteiger charge is -2.06. The molecule has 0 radical (unpaired) electrons. The van der Waals surface area contributed by atoms with Crippen molar-refractivity contribution >= 4 is 33.5 Å². The average Bonchev–Trinajstić information content (AvgIpc) is 2.12. The molecular formula is C11H12BrNO3. The predicted octanol–water partition coefficient (Wildman–Crippen LogP) is 2.56. The van der Waals surface area contributed by atoms with E-state index in [1.54, 1.807) is 6.07 Å². The number of aryl methyl sites for hydroxylation is 1. The van der Waals surface area contributed by atoms with Crippen LogP contribution in [-0.4, -0.2) is 17.0 Å². The Labute approximate surface area is 102 Å². The first-order valence-electron chi connectivity index (χ1n) is 4.76. The van der Waals surface area contributed by atoms with Gasteiger partial charge in [-0.25, -0.2) is 0 Å². The summed E-state index contributed by atoms with van der Waals surface area (Å²) in [6.45, 7) is 1.91. The maximum Gasteiger partial charge on any atom is 0.303 e. The van der Waals surface area contributed by atoms with Gasteiger partial charge < -0.3 is 10.4 Å². The van der Waals surface area contributed by atoms with Crippen molar-refractivity contribution in [2.45, 2.75) is 19.8 Å². The molecule has 0 aliphatic rings. The van der Waals surface area contributed by atoms with E-state index in [2.05, 4.69) is 21.2 Å². The van der Waals surface area contributed by atoms with Gasteiger partial charge in [0, 0.05) is 16.6 Å². The van der Waals surface area contributed by atoms with E-state index in [-0.39, 0.29) is 18.7 Å². The van der Waals surface area contributed by atoms with Gasteiger partial charge in [-0.2, -0.15) is 0 Å². The van der Waals surface area contributed by atoms with E-state index in [4.69, 9.17) is 5.11 Å². The third kappa shape index (κ3) is 4.44. The van der Waals surface area contributed by atoms with Crippen LogP contribution in [0.3, 0.4) is 0 Å². The first kappa shape index (κ1) is 12.7. The molecule has 0 bridgehead atoms. The van der Waals surface area contributed by atoms with E-state index in [9.17, 15) is 9.59 Å². The van der Waals surface area contributed by atoms with Gasteiger partial charge in [-0.05, 0) is 30.7 Å². The van der Waals surface area contributed by atoms with E-state index >= 15 is 0 Å². The molecule has 1 aromatic carbocycles. The number of carbonyl (C=O) groups excluding carboxylic acids is 1. The fraction of sp³-hybridized carbons (Fsp3) is 0.273. The molecular weight excluding hydrogens is 274 g/mol. The van der Waals surface area contributed by atoms with Crippen molar-refractivity contribution < 1.29 is 14.7 Å². The zero-order valence-electron chi connectivity index (χ0n) is 8.79. The number of carboxylic acids is 1. The quantitative estimate of drug-likeness (QED) is 0.894. The fourth-order valence-corrected chi connectivity index (χ4v) is 1.86. The Morgan fingerprint density at radius 1 is 1.31 bits per heavy atom. The second-order valence-corrected chi connectivity index (χ2v) is 4.37. The van der Waals surface area contributed by atoms with Gasteiger partial charge >= 0.3 is 5.97 Å². The molecule has 0 saturated carbocycles. The Balaban J connectivity index is 2.59. The molecule has 0 spiro atoms. The van der Waals surface area contributed by atoms with Gasteiger partial charge in [0.1, 0.15) is 0 Å². The maximum atomic E-state index is 11.3. The highest BCUT2D eigenvalue weighted by Crippen LogP contribution is 2.19. The van der Waals surface area contributed by atoms with Crippen LogP contribution < -0.4 is 5.32 Å². The molecule has 0 unspecified atom stereocenters. The zero-order chi connectivity index (χ0) is 12.1. The number of benzene rings is 1. The number of rotatable bonds is 4. The minimum Gasteiger partial charge on any atom is -0.481 e. The summed E-state index contributed by atoms with van der Waals surface area (Å²) in [5, 5.41) is 11.1. The van der Waals surface area contributed by atoms with Crippen LogP contribution in [0.25, 0.3) is 0 Å². The molecule has 0 atom stereocenters. The van der Waals surface area contributed by atoms with Crippen LogP contribution in [0.5, 0.6) is 0 Å². The van der Waals surface area contributed by atoms with E-state index in [0.717, 1.165) is 10.0 Å². The van der Waals surface area contributed by atoms with Crippen LogP contribution in [0.4, 0.5) is 5.69 Å². The van der Waals surface area contributed by atoms with Crippen LogP contribution >= 0.6 is 15.9 Å². The van der Waals surface area contributed by atoms with Crippen LogP contribution in [0, 0.1) is 6.92 Å². The maximum absolute atomic E-state index is 11.3. The molecule has 1 rings (SSSR count). The Bertz CT molecular complexity index is 397. The highest BCUT2D eigenvalue weighted by atomic mass is 79.9. The molecule has 0 aliphatic heterocycles. The Morgan fingerprint density at radius 3 is 2.56 bits per heavy atom. The van der Waals surface area contributed by atoms with Crippen molar-refractivity contribution in [1.29, 1.82) is 0 Å². The standard InChI is InChI=1S/C11H12BrNO3/c1-7-4-8(12)6-9(5-7)13-10(14)2-3-11(15)16/h4-6H,2-3H2,1H3,(H,13,14)(H,15,16). The number of carbonyl (C=O) groups is 2. The smallest absolute Gasteiger partial charge is 0.303 e. The van der Waals surface area contributed by atoms with Gasteiger partial charge in [0.25, 0.3) is 0 Å². The van der Waals surface area contributed by atoms with Crippen LogP contribution in [0.1, 0.15) is 18.4 Å². The Morgan fingerprint density at radius 2 is 2.00 bits per heavy atom. The topological polar surface area (TPSA) is 66.4 Å². The van der Waals surface area contributed by atoms with Crippen molar-refractivity contribution in [2.24, 2.45) is 0 Å². The third-order valence-electron chi connectivity index (χ3n) is 1.89. The number of carboxylic acid groups (broad SMARTS) is 1. The molecule has 0 saturated heterocycles. The lowest BCUT2D eigenvalue weighted by atomic mass is 10.2. The molecule has 86 valence electrons. The second-order valence-electron chi connectivity index (χ2n) is 3.46. The van der Waals surface area contributed by atoms with Crippen molar-refractivity contribution in [3.05, 3.63) is 28.2 Å². The van der Waals surface area contributed by atoms with Gasteiger partial charge in [-0.1, -0.05) is 15.9 Å². The summed E-state index contributed by atoms with van der Waals surface area (Å²) in [5.74, 6) is -1.26. The number of amides is 1. The molecule has 16 heavy (non-hydrogen) atoms. The van der Waals surface area contributed by atoms with Gasteiger partial charge in [0.2, 0.25) is 5.91 Å². The molecule has 0 aliphatic carbocycles. The molecule has 2 N–H and O–H groups in total. The van der Waals surface area contributed by atoms with Crippen LogP contribution in [-0.2, 0) is 9.59 Å². The zero-order valence-corrected chi connectivity index (χ0v) is 10.4. The van der Waals surface area contributed by atoms with E-state index in [1.807, 2.05) is 19.1 Å². The molecule has 0 fully saturated rings. The lowest BCUT2D eigenvalue weighted by Crippen LogP contribution is -2.13. The molecule has 0 heterocycles. The number of anilines is 1. The number of hydrogen-bond acceptors (Lipinski definition) is 2. The SMILES string of the molecule is Cc1cc(Br)cc(NC(=O)CCC(=O)O)c1. The number of halogens is 1. The van der Waals surface area contributed by atoms with E-state index < -0.39 is 5.97 Å². The number of nitrogens with one attached hydrogen (secondary N) is 1. The summed E-state index contributed by atoms with van der Waals surface area (Å²) >= 11 is 3.32. The normalized spacial score (nSPS) is 9.88. The van der Waals surface area contributed by atoms with Crippen LogP contribution in [0.2, 0.25) is 0 Å². The molecule has 0 aromatic heterocycles. The van der Waals surface area contributed by atoms with Crippen molar-refractivity contribution in [1.82, 2.24) is 0 Å². The predicted molar refractivity (Wildman–Crippen MR) is 64.4 cm³/mol. The number of hydrogen-bond donors (Lipinski definition) is 2. The summed E-state index contributed by atoms with van der Waals surface area (Å²) < 4.78 is 0.876. The highest BCUT2D eigenvalue weighted by Gasteiger charge is 2.06. The summed E-state index contributed by atoms with van der Waals surface area (Å²) in [5.41, 5.74) is 1.69. The minimum atomic E-state index is -0.972. The Kier molecular flexibility index (Phi) is 4.49. The fourth-order valence-electron chi connectivity index (χ4n) is 1.25. The minimum absolute atomic E-state index is 0.0130. The summed E-state index contributed by atoms with van der Waals surface area (Å²) in [4.78, 5) is 21.6. The average molecular weight is 286 g/mol. The highest BCUT2D eigenvalue weighted by molar-refractivity contribution is 9.10. The summed E-state index contributed by atoms with van der Waals surface area (Å²) in [7, 11) is 0. The number of aliphatic carboxylic acids is 1. The largest absolute Gasteiger partial charge is 0.481 e.